The van der Waals surface area contributed by atoms with Crippen LogP contribution in [0.2, 0.25) is 0 Å². The molecule has 1 aromatic rings. The van der Waals surface area contributed by atoms with Crippen LogP contribution < -0.4 is 5.73 Å². The van der Waals surface area contributed by atoms with Gasteiger partial charge in [0, 0.05) is 5.54 Å². The predicted molar refractivity (Wildman–Crippen MR) is 88.0 cm³/mol. The summed E-state index contributed by atoms with van der Waals surface area (Å²) < 4.78 is 0. The first-order valence-electron chi connectivity index (χ1n) is 8.21. The van der Waals surface area contributed by atoms with Crippen LogP contribution in [-0.4, -0.2) is 5.54 Å². The van der Waals surface area contributed by atoms with Crippen molar-refractivity contribution < 1.29 is 0 Å². The Hall–Kier alpha value is -0.820. The van der Waals surface area contributed by atoms with Crippen LogP contribution in [-0.2, 0) is 11.8 Å². The lowest BCUT2D eigenvalue weighted by molar-refractivity contribution is 0.228. The number of benzene rings is 1. The lowest BCUT2D eigenvalue weighted by Gasteiger charge is -2.37. The summed E-state index contributed by atoms with van der Waals surface area (Å²) in [6.45, 7) is 9.09. The van der Waals surface area contributed by atoms with Gasteiger partial charge in [0.25, 0.3) is 0 Å². The highest BCUT2D eigenvalue weighted by Crippen LogP contribution is 2.34. The third-order valence-electron chi connectivity index (χ3n) is 5.05. The van der Waals surface area contributed by atoms with Gasteiger partial charge in [0.2, 0.25) is 0 Å². The van der Waals surface area contributed by atoms with Gasteiger partial charge in [-0.25, -0.2) is 0 Å². The summed E-state index contributed by atoms with van der Waals surface area (Å²) in [5.74, 6) is 0.912. The first kappa shape index (κ1) is 15.6. The highest BCUT2D eigenvalue weighted by molar-refractivity contribution is 5.28. The van der Waals surface area contributed by atoms with E-state index >= 15 is 0 Å². The van der Waals surface area contributed by atoms with Gasteiger partial charge in [-0.3, -0.25) is 0 Å². The van der Waals surface area contributed by atoms with Crippen LogP contribution in [0.3, 0.4) is 0 Å². The van der Waals surface area contributed by atoms with Gasteiger partial charge in [-0.05, 0) is 54.6 Å². The van der Waals surface area contributed by atoms with Crippen molar-refractivity contribution in [3.05, 3.63) is 35.4 Å². The molecule has 0 aliphatic heterocycles. The summed E-state index contributed by atoms with van der Waals surface area (Å²) in [5.41, 5.74) is 9.71. The molecule has 0 bridgehead atoms. The van der Waals surface area contributed by atoms with Crippen LogP contribution in [0.4, 0.5) is 0 Å². The molecule has 112 valence electrons. The quantitative estimate of drug-likeness (QED) is 0.839. The van der Waals surface area contributed by atoms with Crippen molar-refractivity contribution in [2.24, 2.45) is 11.7 Å². The molecule has 1 aliphatic rings. The van der Waals surface area contributed by atoms with E-state index in [1.807, 2.05) is 0 Å². The minimum absolute atomic E-state index is 0.0366. The molecule has 2 rings (SSSR count). The van der Waals surface area contributed by atoms with Crippen molar-refractivity contribution in [2.75, 3.05) is 0 Å². The standard InChI is InChI=1S/C19H31N/c1-5-15-10-12-19(20,13-11-15)14-16-6-8-17(9-7-16)18(2,3)4/h6-9,15H,5,10-14,20H2,1-4H3. The lowest BCUT2D eigenvalue weighted by atomic mass is 9.73. The molecule has 1 heteroatoms. The second-order valence-electron chi connectivity index (χ2n) is 7.84. The maximum absolute atomic E-state index is 6.63. The van der Waals surface area contributed by atoms with E-state index in [1.165, 1.54) is 43.2 Å². The van der Waals surface area contributed by atoms with E-state index in [0.29, 0.717) is 0 Å². The van der Waals surface area contributed by atoms with Crippen LogP contribution in [0, 0.1) is 5.92 Å². The van der Waals surface area contributed by atoms with E-state index in [2.05, 4.69) is 52.0 Å². The molecular formula is C19H31N. The third kappa shape index (κ3) is 3.85. The Morgan fingerprint density at radius 3 is 2.10 bits per heavy atom. The molecule has 1 aliphatic carbocycles. The molecular weight excluding hydrogens is 242 g/mol. The van der Waals surface area contributed by atoms with Gasteiger partial charge in [-0.15, -0.1) is 0 Å². The second kappa shape index (κ2) is 5.89. The largest absolute Gasteiger partial charge is 0.325 e. The molecule has 0 aromatic heterocycles. The molecule has 2 N–H and O–H groups in total. The fourth-order valence-electron chi connectivity index (χ4n) is 3.37. The minimum Gasteiger partial charge on any atom is -0.325 e. The van der Waals surface area contributed by atoms with Gasteiger partial charge < -0.3 is 5.73 Å². The molecule has 1 saturated carbocycles. The van der Waals surface area contributed by atoms with E-state index in [0.717, 1.165) is 12.3 Å². The van der Waals surface area contributed by atoms with Crippen LogP contribution in [0.5, 0.6) is 0 Å². The fourth-order valence-corrected chi connectivity index (χ4v) is 3.37. The summed E-state index contributed by atoms with van der Waals surface area (Å²) in [5, 5.41) is 0. The Labute approximate surface area is 125 Å². The molecule has 0 spiro atoms. The summed E-state index contributed by atoms with van der Waals surface area (Å²) in [6.07, 6.45) is 7.35. The summed E-state index contributed by atoms with van der Waals surface area (Å²) in [6, 6.07) is 9.11. The normalized spacial score (nSPS) is 27.6. The van der Waals surface area contributed by atoms with Gasteiger partial charge in [-0.2, -0.15) is 0 Å². The topological polar surface area (TPSA) is 26.0 Å². The second-order valence-corrected chi connectivity index (χ2v) is 7.84. The van der Waals surface area contributed by atoms with Crippen LogP contribution in [0.1, 0.15) is 70.9 Å². The summed E-state index contributed by atoms with van der Waals surface area (Å²) in [7, 11) is 0. The maximum atomic E-state index is 6.63. The first-order chi connectivity index (χ1) is 9.32. The Balaban J connectivity index is 2.00. The average Bonchev–Trinajstić information content (AvgIpc) is 2.39. The van der Waals surface area contributed by atoms with E-state index in [9.17, 15) is 0 Å². The van der Waals surface area contributed by atoms with Crippen molar-refractivity contribution in [1.29, 1.82) is 0 Å². The predicted octanol–water partition coefficient (Wildman–Crippen LogP) is 4.82. The Bertz CT molecular complexity index is 416. The van der Waals surface area contributed by atoms with Crippen molar-refractivity contribution in [1.82, 2.24) is 0 Å². The molecule has 1 aromatic carbocycles. The van der Waals surface area contributed by atoms with Gasteiger partial charge in [-0.1, -0.05) is 58.4 Å². The van der Waals surface area contributed by atoms with Crippen molar-refractivity contribution in [2.45, 2.75) is 77.2 Å². The van der Waals surface area contributed by atoms with Crippen LogP contribution in [0.15, 0.2) is 24.3 Å². The van der Waals surface area contributed by atoms with Crippen LogP contribution >= 0.6 is 0 Å². The Kier molecular flexibility index (Phi) is 4.59. The molecule has 20 heavy (non-hydrogen) atoms. The maximum Gasteiger partial charge on any atom is 0.0195 e. The number of nitrogens with two attached hydrogens (primary N) is 1. The van der Waals surface area contributed by atoms with Gasteiger partial charge in [0.1, 0.15) is 0 Å². The van der Waals surface area contributed by atoms with E-state index in [1.54, 1.807) is 0 Å². The molecule has 0 unspecified atom stereocenters. The van der Waals surface area contributed by atoms with Crippen molar-refractivity contribution in [3.63, 3.8) is 0 Å². The molecule has 0 saturated heterocycles. The lowest BCUT2D eigenvalue weighted by Crippen LogP contribution is -2.45. The molecule has 1 fully saturated rings. The van der Waals surface area contributed by atoms with E-state index in [-0.39, 0.29) is 11.0 Å². The smallest absolute Gasteiger partial charge is 0.0195 e. The molecule has 0 heterocycles. The molecule has 0 radical (unpaired) electrons. The monoisotopic (exact) mass is 273 g/mol. The number of hydrogen-bond acceptors (Lipinski definition) is 1. The fraction of sp³-hybridized carbons (Fsp3) is 0.684. The first-order valence-corrected chi connectivity index (χ1v) is 8.21. The summed E-state index contributed by atoms with van der Waals surface area (Å²) >= 11 is 0. The zero-order valence-electron chi connectivity index (χ0n) is 13.7. The number of rotatable bonds is 3. The Morgan fingerprint density at radius 2 is 1.65 bits per heavy atom. The molecule has 1 nitrogen and oxygen atoms in total. The molecule has 0 atom stereocenters. The zero-order valence-corrected chi connectivity index (χ0v) is 13.7. The van der Waals surface area contributed by atoms with E-state index < -0.39 is 0 Å². The van der Waals surface area contributed by atoms with Crippen LogP contribution in [0.25, 0.3) is 0 Å². The minimum atomic E-state index is 0.0366. The van der Waals surface area contributed by atoms with E-state index in [4.69, 9.17) is 5.73 Å². The third-order valence-corrected chi connectivity index (χ3v) is 5.05. The highest BCUT2D eigenvalue weighted by atomic mass is 14.7. The number of hydrogen-bond donors (Lipinski definition) is 1. The van der Waals surface area contributed by atoms with Crippen molar-refractivity contribution in [3.8, 4) is 0 Å². The molecule has 0 amide bonds. The van der Waals surface area contributed by atoms with Gasteiger partial charge >= 0.3 is 0 Å². The van der Waals surface area contributed by atoms with Gasteiger partial charge in [0.15, 0.2) is 0 Å². The average molecular weight is 273 g/mol. The SMILES string of the molecule is CCC1CCC(N)(Cc2ccc(C(C)(C)C)cc2)CC1. The zero-order chi connectivity index (χ0) is 14.8. The summed E-state index contributed by atoms with van der Waals surface area (Å²) in [4.78, 5) is 0. The Morgan fingerprint density at radius 1 is 1.10 bits per heavy atom. The van der Waals surface area contributed by atoms with Gasteiger partial charge in [0.05, 0.1) is 0 Å². The van der Waals surface area contributed by atoms with Crippen molar-refractivity contribution >= 4 is 0 Å². The highest BCUT2D eigenvalue weighted by Gasteiger charge is 2.31.